The number of nitrogens with zero attached hydrogens (tertiary/aromatic N) is 1. The molecule has 1 aliphatic heterocycles. The largest absolute Gasteiger partial charge is 0.497 e. The van der Waals surface area contributed by atoms with Gasteiger partial charge in [-0.2, -0.15) is 0 Å². The molecule has 3 aromatic carbocycles. The molecule has 1 fully saturated rings. The second kappa shape index (κ2) is 7.88. The fraction of sp³-hybridized carbons (Fsp3) is 0.0870. The molecule has 28 heavy (non-hydrogen) atoms. The first-order chi connectivity index (χ1) is 13.8. The second-order valence-corrected chi connectivity index (χ2v) is 6.16. The third-order valence-electron chi connectivity index (χ3n) is 4.36. The van der Waals surface area contributed by atoms with Crippen molar-refractivity contribution in [2.75, 3.05) is 12.0 Å². The number of rotatable bonds is 6. The monoisotopic (exact) mass is 373 g/mol. The fourth-order valence-corrected chi connectivity index (χ4v) is 2.92. The van der Waals surface area contributed by atoms with Crippen LogP contribution in [0.4, 0.5) is 5.69 Å². The van der Waals surface area contributed by atoms with Gasteiger partial charge in [-0.15, -0.1) is 0 Å². The molecule has 1 aliphatic rings. The number of benzene rings is 3. The van der Waals surface area contributed by atoms with E-state index in [1.165, 1.54) is 0 Å². The molecule has 4 rings (SSSR count). The molecule has 1 unspecified atom stereocenters. The molecule has 5 nitrogen and oxygen atoms in total. The van der Waals surface area contributed by atoms with Gasteiger partial charge in [0.25, 0.3) is 5.91 Å². The standard InChI is InChI=1S/C23H19NO4/c1-26-18-14-12-17(13-15-18)24-21(16-27-19-8-4-2-5-9-19)22(23(24)25)28-20-10-6-3-7-11-20/h2-16,22H,1H3/b21-16-. The highest BCUT2D eigenvalue weighted by Crippen LogP contribution is 2.35. The summed E-state index contributed by atoms with van der Waals surface area (Å²) in [6.45, 7) is 0. The highest BCUT2D eigenvalue weighted by molar-refractivity contribution is 6.10. The number of methoxy groups -OCH3 is 1. The van der Waals surface area contributed by atoms with Crippen molar-refractivity contribution in [2.24, 2.45) is 0 Å². The molecule has 3 aromatic rings. The van der Waals surface area contributed by atoms with E-state index in [2.05, 4.69) is 0 Å². The SMILES string of the molecule is COc1ccc(N2C(=O)C(Oc3ccccc3)/C2=C/Oc2ccccc2)cc1. The van der Waals surface area contributed by atoms with Crippen molar-refractivity contribution < 1.29 is 19.0 Å². The van der Waals surface area contributed by atoms with Gasteiger partial charge in [0.1, 0.15) is 29.2 Å². The number of amides is 1. The Morgan fingerprint density at radius 3 is 2.00 bits per heavy atom. The normalized spacial score (nSPS) is 17.2. The fourth-order valence-electron chi connectivity index (χ4n) is 2.92. The van der Waals surface area contributed by atoms with Crippen molar-refractivity contribution in [1.29, 1.82) is 0 Å². The Morgan fingerprint density at radius 1 is 0.786 bits per heavy atom. The van der Waals surface area contributed by atoms with Crippen LogP contribution in [0.1, 0.15) is 0 Å². The van der Waals surface area contributed by atoms with E-state index in [0.717, 1.165) is 11.4 Å². The number of carbonyl (C=O) groups excluding carboxylic acids is 1. The summed E-state index contributed by atoms with van der Waals surface area (Å²) < 4.78 is 16.9. The number of para-hydroxylation sites is 2. The third kappa shape index (κ3) is 3.55. The van der Waals surface area contributed by atoms with Crippen molar-refractivity contribution in [3.63, 3.8) is 0 Å². The van der Waals surface area contributed by atoms with Crippen molar-refractivity contribution in [3.8, 4) is 17.2 Å². The van der Waals surface area contributed by atoms with Crippen molar-refractivity contribution in [1.82, 2.24) is 0 Å². The zero-order valence-electron chi connectivity index (χ0n) is 15.3. The van der Waals surface area contributed by atoms with Crippen molar-refractivity contribution in [3.05, 3.63) is 96.9 Å². The first-order valence-electron chi connectivity index (χ1n) is 8.88. The van der Waals surface area contributed by atoms with Gasteiger partial charge in [0.05, 0.1) is 7.11 Å². The maximum atomic E-state index is 12.8. The number of hydrogen-bond acceptors (Lipinski definition) is 4. The Morgan fingerprint density at radius 2 is 1.39 bits per heavy atom. The highest BCUT2D eigenvalue weighted by Gasteiger charge is 2.46. The lowest BCUT2D eigenvalue weighted by Gasteiger charge is -2.40. The summed E-state index contributed by atoms with van der Waals surface area (Å²) >= 11 is 0. The molecule has 0 N–H and O–H groups in total. The lowest BCUT2D eigenvalue weighted by Crippen LogP contribution is -2.57. The Bertz CT molecular complexity index is 969. The van der Waals surface area contributed by atoms with Crippen LogP contribution in [0.3, 0.4) is 0 Å². The van der Waals surface area contributed by atoms with E-state index >= 15 is 0 Å². The van der Waals surface area contributed by atoms with E-state index in [0.29, 0.717) is 17.2 Å². The van der Waals surface area contributed by atoms with Gasteiger partial charge in [0.15, 0.2) is 0 Å². The molecular formula is C23H19NO4. The molecule has 0 spiro atoms. The molecule has 1 saturated heterocycles. The number of ether oxygens (including phenoxy) is 3. The predicted octanol–water partition coefficient (Wildman–Crippen LogP) is 4.41. The van der Waals surface area contributed by atoms with Crippen LogP contribution in [0.2, 0.25) is 0 Å². The second-order valence-electron chi connectivity index (χ2n) is 6.16. The first-order valence-corrected chi connectivity index (χ1v) is 8.88. The summed E-state index contributed by atoms with van der Waals surface area (Å²) in [5.74, 6) is 1.88. The van der Waals surface area contributed by atoms with E-state index in [1.807, 2.05) is 84.9 Å². The van der Waals surface area contributed by atoms with Gasteiger partial charge in [-0.1, -0.05) is 36.4 Å². The van der Waals surface area contributed by atoms with Crippen LogP contribution < -0.4 is 19.1 Å². The summed E-state index contributed by atoms with van der Waals surface area (Å²) in [6.07, 6.45) is 0.836. The van der Waals surface area contributed by atoms with Gasteiger partial charge in [0.2, 0.25) is 6.10 Å². The number of β-lactam (4-membered cyclic amide) rings is 1. The molecule has 0 radical (unpaired) electrons. The molecule has 140 valence electrons. The Balaban J connectivity index is 1.61. The summed E-state index contributed by atoms with van der Waals surface area (Å²) in [5, 5.41) is 0. The topological polar surface area (TPSA) is 48.0 Å². The van der Waals surface area contributed by atoms with Crippen LogP contribution in [0.25, 0.3) is 0 Å². The zero-order valence-corrected chi connectivity index (χ0v) is 15.3. The third-order valence-corrected chi connectivity index (χ3v) is 4.36. The predicted molar refractivity (Wildman–Crippen MR) is 106 cm³/mol. The highest BCUT2D eigenvalue weighted by atomic mass is 16.5. The van der Waals surface area contributed by atoms with Gasteiger partial charge < -0.3 is 14.2 Å². The Labute approximate surface area is 163 Å². The summed E-state index contributed by atoms with van der Waals surface area (Å²) in [4.78, 5) is 14.4. The summed E-state index contributed by atoms with van der Waals surface area (Å²) in [7, 11) is 1.60. The van der Waals surface area contributed by atoms with Gasteiger partial charge in [0, 0.05) is 5.69 Å². The number of carbonyl (C=O) groups is 1. The van der Waals surface area contributed by atoms with E-state index < -0.39 is 6.10 Å². The minimum atomic E-state index is -0.729. The number of anilines is 1. The maximum Gasteiger partial charge on any atom is 0.279 e. The smallest absolute Gasteiger partial charge is 0.279 e. The minimum absolute atomic E-state index is 0.156. The van der Waals surface area contributed by atoms with Crippen LogP contribution >= 0.6 is 0 Å². The van der Waals surface area contributed by atoms with Crippen LogP contribution in [-0.2, 0) is 4.79 Å². The molecule has 1 amide bonds. The minimum Gasteiger partial charge on any atom is -0.497 e. The molecular weight excluding hydrogens is 354 g/mol. The van der Waals surface area contributed by atoms with Crippen LogP contribution in [0.5, 0.6) is 17.2 Å². The van der Waals surface area contributed by atoms with Crippen LogP contribution in [-0.4, -0.2) is 19.1 Å². The molecule has 0 bridgehead atoms. The molecule has 0 aromatic heterocycles. The van der Waals surface area contributed by atoms with Gasteiger partial charge in [-0.3, -0.25) is 9.69 Å². The van der Waals surface area contributed by atoms with Gasteiger partial charge in [-0.05, 0) is 48.5 Å². The van der Waals surface area contributed by atoms with Gasteiger partial charge in [-0.25, -0.2) is 0 Å². The Kier molecular flexibility index (Phi) is 4.97. The van der Waals surface area contributed by atoms with Gasteiger partial charge >= 0.3 is 0 Å². The number of hydrogen-bond donors (Lipinski definition) is 0. The first kappa shape index (κ1) is 17.7. The van der Waals surface area contributed by atoms with E-state index in [-0.39, 0.29) is 5.91 Å². The maximum absolute atomic E-state index is 12.8. The molecule has 0 saturated carbocycles. The van der Waals surface area contributed by atoms with E-state index in [4.69, 9.17) is 14.2 Å². The van der Waals surface area contributed by atoms with Crippen molar-refractivity contribution >= 4 is 11.6 Å². The average Bonchev–Trinajstić information content (AvgIpc) is 2.76. The molecule has 1 atom stereocenters. The summed E-state index contributed by atoms with van der Waals surface area (Å²) in [6, 6.07) is 25.9. The average molecular weight is 373 g/mol. The van der Waals surface area contributed by atoms with E-state index in [9.17, 15) is 4.79 Å². The van der Waals surface area contributed by atoms with Crippen LogP contribution in [0, 0.1) is 0 Å². The summed E-state index contributed by atoms with van der Waals surface area (Å²) in [5.41, 5.74) is 1.35. The quantitative estimate of drug-likeness (QED) is 0.474. The Hall–Kier alpha value is -3.73. The van der Waals surface area contributed by atoms with Crippen molar-refractivity contribution in [2.45, 2.75) is 6.10 Å². The zero-order chi connectivity index (χ0) is 19.3. The lowest BCUT2D eigenvalue weighted by atomic mass is 10.0. The lowest BCUT2D eigenvalue weighted by molar-refractivity contribution is -0.128. The molecule has 0 aliphatic carbocycles. The van der Waals surface area contributed by atoms with Crippen LogP contribution in [0.15, 0.2) is 96.9 Å². The molecule has 5 heteroatoms. The van der Waals surface area contributed by atoms with E-state index in [1.54, 1.807) is 18.3 Å². The molecule has 1 heterocycles.